The molecule has 9 heteroatoms. The van der Waals surface area contributed by atoms with Gasteiger partial charge in [-0.1, -0.05) is 12.1 Å². The highest BCUT2D eigenvalue weighted by molar-refractivity contribution is 6.04. The summed E-state index contributed by atoms with van der Waals surface area (Å²) in [5, 5.41) is 2.32. The summed E-state index contributed by atoms with van der Waals surface area (Å²) in [5.41, 5.74) is 1.67. The molecule has 31 heavy (non-hydrogen) atoms. The number of methoxy groups -OCH3 is 1. The summed E-state index contributed by atoms with van der Waals surface area (Å²) in [6, 6.07) is 8.14. The van der Waals surface area contributed by atoms with Crippen LogP contribution < -0.4 is 5.32 Å². The minimum absolute atomic E-state index is 0.0346. The monoisotopic (exact) mass is 427 g/mol. The number of amides is 1. The molecule has 0 atom stereocenters. The van der Waals surface area contributed by atoms with Gasteiger partial charge in [0.1, 0.15) is 23.8 Å². The maximum Gasteiger partial charge on any atom is 0.338 e. The van der Waals surface area contributed by atoms with Crippen molar-refractivity contribution >= 4 is 17.7 Å². The van der Waals surface area contributed by atoms with E-state index < -0.39 is 29.1 Å². The van der Waals surface area contributed by atoms with Crippen LogP contribution in [0.4, 0.5) is 14.6 Å². The third kappa shape index (κ3) is 5.26. The van der Waals surface area contributed by atoms with Crippen LogP contribution in [-0.4, -0.2) is 42.2 Å². The molecule has 1 aromatic heterocycles. The van der Waals surface area contributed by atoms with Crippen LogP contribution >= 0.6 is 0 Å². The molecule has 0 saturated carbocycles. The Morgan fingerprint density at radius 1 is 1.03 bits per heavy atom. The Balaban J connectivity index is 1.72. The van der Waals surface area contributed by atoms with Crippen molar-refractivity contribution in [3.63, 3.8) is 0 Å². The van der Waals surface area contributed by atoms with E-state index in [9.17, 15) is 18.4 Å². The van der Waals surface area contributed by atoms with Gasteiger partial charge in [-0.05, 0) is 36.8 Å². The second-order valence-corrected chi connectivity index (χ2v) is 6.50. The zero-order valence-electron chi connectivity index (χ0n) is 16.8. The number of esters is 1. The first-order valence-electron chi connectivity index (χ1n) is 9.25. The summed E-state index contributed by atoms with van der Waals surface area (Å²) < 4.78 is 37.4. The lowest BCUT2D eigenvalue weighted by molar-refractivity contribution is 0.0388. The number of halogens is 2. The Labute approximate surface area is 177 Å². The number of hydrogen-bond acceptors (Lipinski definition) is 6. The molecular weight excluding hydrogens is 408 g/mol. The molecule has 0 aliphatic heterocycles. The summed E-state index contributed by atoms with van der Waals surface area (Å²) in [5.74, 6) is -3.34. The molecule has 0 saturated heterocycles. The molecular formula is C22H19F2N3O4. The molecule has 3 aromatic rings. The Hall–Kier alpha value is -3.72. The molecule has 2 aromatic carbocycles. The molecule has 0 spiro atoms. The van der Waals surface area contributed by atoms with Crippen LogP contribution in [0.2, 0.25) is 0 Å². The SMILES string of the molecule is COCCOC(=O)c1ccc(-c2cnc(NC(=O)c3c(F)cccc3F)cn2)c(C)c1. The maximum absolute atomic E-state index is 13.7. The topological polar surface area (TPSA) is 90.4 Å². The maximum atomic E-state index is 13.7. The lowest BCUT2D eigenvalue weighted by atomic mass is 10.0. The number of benzene rings is 2. The molecule has 0 aliphatic carbocycles. The van der Waals surface area contributed by atoms with E-state index in [0.717, 1.165) is 23.3 Å². The third-order valence-corrected chi connectivity index (χ3v) is 4.34. The van der Waals surface area contributed by atoms with Crippen LogP contribution in [0.15, 0.2) is 48.8 Å². The van der Waals surface area contributed by atoms with Crippen molar-refractivity contribution in [2.75, 3.05) is 25.6 Å². The second-order valence-electron chi connectivity index (χ2n) is 6.50. The van der Waals surface area contributed by atoms with Gasteiger partial charge in [-0.15, -0.1) is 0 Å². The highest BCUT2D eigenvalue weighted by Crippen LogP contribution is 2.23. The Morgan fingerprint density at radius 3 is 2.39 bits per heavy atom. The number of aromatic nitrogens is 2. The summed E-state index contributed by atoms with van der Waals surface area (Å²) in [4.78, 5) is 32.5. The molecule has 0 radical (unpaired) electrons. The van der Waals surface area contributed by atoms with E-state index in [1.807, 2.05) is 0 Å². The Bertz CT molecular complexity index is 1080. The fraction of sp³-hybridized carbons (Fsp3) is 0.182. The molecule has 160 valence electrons. The predicted octanol–water partition coefficient (Wildman–Crippen LogP) is 3.79. The first-order valence-corrected chi connectivity index (χ1v) is 9.25. The number of nitrogens with one attached hydrogen (secondary N) is 1. The van der Waals surface area contributed by atoms with Gasteiger partial charge in [0.15, 0.2) is 5.82 Å². The third-order valence-electron chi connectivity index (χ3n) is 4.34. The first-order chi connectivity index (χ1) is 14.9. The van der Waals surface area contributed by atoms with Crippen molar-refractivity contribution in [3.05, 3.63) is 77.1 Å². The number of hydrogen-bond donors (Lipinski definition) is 1. The smallest absolute Gasteiger partial charge is 0.338 e. The van der Waals surface area contributed by atoms with Crippen LogP contribution in [0.25, 0.3) is 11.3 Å². The van der Waals surface area contributed by atoms with Crippen molar-refractivity contribution in [2.24, 2.45) is 0 Å². The van der Waals surface area contributed by atoms with Crippen LogP contribution in [0.3, 0.4) is 0 Å². The number of ether oxygens (including phenoxy) is 2. The number of aryl methyl sites for hydroxylation is 1. The van der Waals surface area contributed by atoms with E-state index in [-0.39, 0.29) is 12.4 Å². The van der Waals surface area contributed by atoms with Crippen LogP contribution in [0.5, 0.6) is 0 Å². The summed E-state index contributed by atoms with van der Waals surface area (Å²) >= 11 is 0. The Morgan fingerprint density at radius 2 is 1.77 bits per heavy atom. The second kappa shape index (κ2) is 9.86. The molecule has 0 aliphatic rings. The average Bonchev–Trinajstić information content (AvgIpc) is 2.74. The number of carbonyl (C=O) groups is 2. The van der Waals surface area contributed by atoms with Crippen molar-refractivity contribution in [1.82, 2.24) is 9.97 Å². The fourth-order valence-corrected chi connectivity index (χ4v) is 2.80. The average molecular weight is 427 g/mol. The van der Waals surface area contributed by atoms with Crippen molar-refractivity contribution in [3.8, 4) is 11.3 Å². The van der Waals surface area contributed by atoms with E-state index in [1.54, 1.807) is 25.1 Å². The lowest BCUT2D eigenvalue weighted by Crippen LogP contribution is -2.16. The number of rotatable bonds is 7. The van der Waals surface area contributed by atoms with Gasteiger partial charge in [0, 0.05) is 12.7 Å². The van der Waals surface area contributed by atoms with Crippen molar-refractivity contribution in [2.45, 2.75) is 6.92 Å². The molecule has 1 heterocycles. The molecule has 0 fully saturated rings. The van der Waals surface area contributed by atoms with E-state index >= 15 is 0 Å². The van der Waals surface area contributed by atoms with Crippen molar-refractivity contribution in [1.29, 1.82) is 0 Å². The van der Waals surface area contributed by atoms with Crippen LogP contribution in [-0.2, 0) is 9.47 Å². The minimum Gasteiger partial charge on any atom is -0.460 e. The number of anilines is 1. The molecule has 1 N–H and O–H groups in total. The number of carbonyl (C=O) groups excluding carboxylic acids is 2. The van der Waals surface area contributed by atoms with Gasteiger partial charge < -0.3 is 14.8 Å². The standard InChI is InChI=1S/C22H19F2N3O4/c1-13-10-14(22(29)31-9-8-30-2)6-7-15(13)18-11-26-19(12-25-18)27-21(28)20-16(23)4-3-5-17(20)24/h3-7,10-12H,8-9H2,1-2H3,(H,26,27,28). The zero-order chi connectivity index (χ0) is 22.4. The van der Waals surface area contributed by atoms with Gasteiger partial charge in [0.2, 0.25) is 0 Å². The normalized spacial score (nSPS) is 10.6. The number of nitrogens with zero attached hydrogens (tertiary/aromatic N) is 2. The molecule has 3 rings (SSSR count). The van der Waals surface area contributed by atoms with Gasteiger partial charge in [-0.3, -0.25) is 9.78 Å². The highest BCUT2D eigenvalue weighted by atomic mass is 19.1. The van der Waals surface area contributed by atoms with Gasteiger partial charge in [0.25, 0.3) is 5.91 Å². The van der Waals surface area contributed by atoms with E-state index in [1.165, 1.54) is 25.6 Å². The predicted molar refractivity (Wildman–Crippen MR) is 109 cm³/mol. The molecule has 7 nitrogen and oxygen atoms in total. The summed E-state index contributed by atoms with van der Waals surface area (Å²) in [7, 11) is 1.52. The fourth-order valence-electron chi connectivity index (χ4n) is 2.80. The van der Waals surface area contributed by atoms with Gasteiger partial charge >= 0.3 is 5.97 Å². The lowest BCUT2D eigenvalue weighted by Gasteiger charge is -2.10. The Kier molecular flexibility index (Phi) is 6.99. The highest BCUT2D eigenvalue weighted by Gasteiger charge is 2.18. The summed E-state index contributed by atoms with van der Waals surface area (Å²) in [6.45, 7) is 2.27. The quantitative estimate of drug-likeness (QED) is 0.456. The summed E-state index contributed by atoms with van der Waals surface area (Å²) in [6.07, 6.45) is 2.69. The van der Waals surface area contributed by atoms with Crippen molar-refractivity contribution < 1.29 is 27.8 Å². The molecule has 1 amide bonds. The zero-order valence-corrected chi connectivity index (χ0v) is 16.8. The minimum atomic E-state index is -0.974. The van der Waals surface area contributed by atoms with E-state index in [2.05, 4.69) is 15.3 Å². The van der Waals surface area contributed by atoms with Gasteiger partial charge in [-0.2, -0.15) is 0 Å². The first kappa shape index (κ1) is 22.0. The van der Waals surface area contributed by atoms with Gasteiger partial charge in [0.05, 0.1) is 30.3 Å². The molecule has 0 unspecified atom stereocenters. The van der Waals surface area contributed by atoms with Gasteiger partial charge in [-0.25, -0.2) is 18.6 Å². The molecule has 0 bridgehead atoms. The van der Waals surface area contributed by atoms with Crippen LogP contribution in [0.1, 0.15) is 26.3 Å². The van der Waals surface area contributed by atoms with E-state index in [4.69, 9.17) is 9.47 Å². The van der Waals surface area contributed by atoms with Crippen LogP contribution in [0, 0.1) is 18.6 Å². The largest absolute Gasteiger partial charge is 0.460 e. The van der Waals surface area contributed by atoms with E-state index in [0.29, 0.717) is 17.9 Å².